The number of fused-ring (bicyclic) bond motifs is 1. The van der Waals surface area contributed by atoms with E-state index in [2.05, 4.69) is 53.0 Å². The first kappa shape index (κ1) is 12.9. The number of hydrogen-bond acceptors (Lipinski definition) is 0. The molecule has 0 nitrogen and oxygen atoms in total. The minimum atomic E-state index is 1.02. The van der Waals surface area contributed by atoms with Crippen LogP contribution in [0.15, 0.2) is 12.1 Å². The summed E-state index contributed by atoms with van der Waals surface area (Å²) in [5.74, 6) is 0. The molecule has 0 bridgehead atoms. The molecule has 0 saturated carbocycles. The molecule has 2 aromatic carbocycles. The molecule has 0 heteroatoms. The van der Waals surface area contributed by atoms with E-state index in [1.165, 1.54) is 33.0 Å². The second-order valence-corrected chi connectivity index (χ2v) is 5.10. The van der Waals surface area contributed by atoms with Crippen LogP contribution in [-0.4, -0.2) is 0 Å². The Kier molecular flexibility index (Phi) is 3.30. The van der Waals surface area contributed by atoms with Crippen molar-refractivity contribution in [3.63, 3.8) is 0 Å². The van der Waals surface area contributed by atoms with Gasteiger partial charge in [0.1, 0.15) is 0 Å². The van der Waals surface area contributed by atoms with Crippen LogP contribution in [-0.2, 0) is 12.8 Å². The molecule has 18 heavy (non-hydrogen) atoms. The molecule has 0 aliphatic rings. The Hall–Kier alpha value is -1.56. The Morgan fingerprint density at radius 2 is 1.11 bits per heavy atom. The first-order valence-corrected chi connectivity index (χ1v) is 6.73. The van der Waals surface area contributed by atoms with Gasteiger partial charge in [-0.1, -0.05) is 39.1 Å². The normalized spacial score (nSPS) is 11.1. The van der Waals surface area contributed by atoms with Gasteiger partial charge in [0.25, 0.3) is 0 Å². The van der Waals surface area contributed by atoms with Crippen molar-refractivity contribution in [3.8, 4) is 0 Å². The van der Waals surface area contributed by atoms with Gasteiger partial charge in [-0.3, -0.25) is 0 Å². The smallest absolute Gasteiger partial charge is 0.0140 e. The van der Waals surface area contributed by atoms with Gasteiger partial charge >= 0.3 is 0 Å². The molecule has 0 saturated heterocycles. The highest BCUT2D eigenvalue weighted by Crippen LogP contribution is 2.23. The summed E-state index contributed by atoms with van der Waals surface area (Å²) in [7, 11) is 0. The summed E-state index contributed by atoms with van der Waals surface area (Å²) in [6, 6.07) is 4.63. The zero-order valence-electron chi connectivity index (χ0n) is 12.0. The van der Waals surface area contributed by atoms with E-state index in [-0.39, 0.29) is 0 Å². The maximum atomic E-state index is 4.24. The van der Waals surface area contributed by atoms with Crippen LogP contribution in [0, 0.1) is 13.8 Å². The van der Waals surface area contributed by atoms with Crippen LogP contribution in [0.4, 0.5) is 0 Å². The van der Waals surface area contributed by atoms with Crippen molar-refractivity contribution in [2.45, 2.75) is 40.5 Å². The summed E-state index contributed by atoms with van der Waals surface area (Å²) >= 11 is 0. The average molecular weight is 238 g/mol. The Morgan fingerprint density at radius 1 is 0.778 bits per heavy atom. The Bertz CT molecular complexity index is 643. The predicted octanol–water partition coefficient (Wildman–Crippen LogP) is 3.40. The Labute approximate surface area is 110 Å². The van der Waals surface area contributed by atoms with E-state index in [1.54, 1.807) is 0 Å². The van der Waals surface area contributed by atoms with Gasteiger partial charge in [-0.2, -0.15) is 0 Å². The summed E-state index contributed by atoms with van der Waals surface area (Å²) in [4.78, 5) is 0. The molecule has 94 valence electrons. The third-order valence-electron chi connectivity index (χ3n) is 4.08. The van der Waals surface area contributed by atoms with Crippen molar-refractivity contribution in [3.05, 3.63) is 44.8 Å². The average Bonchev–Trinajstić information content (AvgIpc) is 2.34. The predicted molar refractivity (Wildman–Crippen MR) is 82.5 cm³/mol. The highest BCUT2D eigenvalue weighted by Gasteiger charge is 2.09. The third-order valence-corrected chi connectivity index (χ3v) is 4.08. The fourth-order valence-electron chi connectivity index (χ4n) is 2.81. The van der Waals surface area contributed by atoms with E-state index < -0.39 is 0 Å². The molecule has 2 aromatic rings. The van der Waals surface area contributed by atoms with E-state index in [9.17, 15) is 0 Å². The van der Waals surface area contributed by atoms with Gasteiger partial charge in [0.15, 0.2) is 0 Å². The standard InChI is InChI=1S/C18H22/c1-7-15-13(5)14(6)16(8-2)18-10-12(4)11(3)9-17(15)18/h9-10H,5-8H2,1-4H3. The van der Waals surface area contributed by atoms with Crippen molar-refractivity contribution in [2.24, 2.45) is 0 Å². The van der Waals surface area contributed by atoms with Crippen LogP contribution < -0.4 is 10.4 Å². The molecule has 0 aliphatic carbocycles. The number of aryl methyl sites for hydroxylation is 4. The molecule has 0 amide bonds. The lowest BCUT2D eigenvalue weighted by Crippen LogP contribution is -2.30. The number of benzene rings is 2. The maximum Gasteiger partial charge on any atom is -0.0140 e. The van der Waals surface area contributed by atoms with Gasteiger partial charge in [0.05, 0.1) is 0 Å². The molecule has 0 aromatic heterocycles. The first-order chi connectivity index (χ1) is 8.51. The molecule has 0 unspecified atom stereocenters. The molecule has 0 heterocycles. The Morgan fingerprint density at radius 3 is 1.39 bits per heavy atom. The highest BCUT2D eigenvalue weighted by molar-refractivity contribution is 5.90. The molecule has 0 atom stereocenters. The molecule has 2 rings (SSSR count). The summed E-state index contributed by atoms with van der Waals surface area (Å²) in [5.41, 5.74) is 5.43. The topological polar surface area (TPSA) is 0 Å². The van der Waals surface area contributed by atoms with Crippen LogP contribution in [0.5, 0.6) is 0 Å². The quantitative estimate of drug-likeness (QED) is 0.752. The molecule has 0 spiro atoms. The maximum absolute atomic E-state index is 4.24. The molecular formula is C18H22. The van der Waals surface area contributed by atoms with Gasteiger partial charge in [0.2, 0.25) is 0 Å². The minimum absolute atomic E-state index is 1.02. The van der Waals surface area contributed by atoms with Crippen LogP contribution >= 0.6 is 0 Å². The number of rotatable bonds is 2. The van der Waals surface area contributed by atoms with Gasteiger partial charge in [-0.15, -0.1) is 0 Å². The van der Waals surface area contributed by atoms with E-state index in [0.29, 0.717) is 0 Å². The van der Waals surface area contributed by atoms with Crippen molar-refractivity contribution in [2.75, 3.05) is 0 Å². The lowest BCUT2D eigenvalue weighted by Gasteiger charge is -2.14. The van der Waals surface area contributed by atoms with Gasteiger partial charge < -0.3 is 0 Å². The van der Waals surface area contributed by atoms with E-state index in [4.69, 9.17) is 0 Å². The Balaban J connectivity index is 3.11. The van der Waals surface area contributed by atoms with Crippen LogP contribution in [0.2, 0.25) is 0 Å². The van der Waals surface area contributed by atoms with Gasteiger partial charge in [0, 0.05) is 0 Å². The van der Waals surface area contributed by atoms with Crippen LogP contribution in [0.1, 0.15) is 36.1 Å². The fourth-order valence-corrected chi connectivity index (χ4v) is 2.81. The zero-order chi connectivity index (χ0) is 13.4. The van der Waals surface area contributed by atoms with Crippen molar-refractivity contribution in [1.82, 2.24) is 0 Å². The molecular weight excluding hydrogens is 216 g/mol. The van der Waals surface area contributed by atoms with Gasteiger partial charge in [-0.25, -0.2) is 0 Å². The van der Waals surface area contributed by atoms with E-state index in [0.717, 1.165) is 23.3 Å². The summed E-state index contributed by atoms with van der Waals surface area (Å²) < 4.78 is 0. The van der Waals surface area contributed by atoms with E-state index >= 15 is 0 Å². The van der Waals surface area contributed by atoms with Crippen molar-refractivity contribution >= 4 is 23.9 Å². The van der Waals surface area contributed by atoms with Crippen molar-refractivity contribution < 1.29 is 0 Å². The highest BCUT2D eigenvalue weighted by atomic mass is 14.1. The van der Waals surface area contributed by atoms with Gasteiger partial charge in [-0.05, 0) is 70.2 Å². The number of hydrogen-bond donors (Lipinski definition) is 0. The fraction of sp³-hybridized carbons (Fsp3) is 0.333. The van der Waals surface area contributed by atoms with Crippen LogP contribution in [0.3, 0.4) is 0 Å². The van der Waals surface area contributed by atoms with Crippen molar-refractivity contribution in [1.29, 1.82) is 0 Å². The largest absolute Gasteiger partial charge is 0.0909 e. The SMILES string of the molecule is C=c1c(CC)c2cc(C)c(C)cc2c(CC)c1=C. The summed E-state index contributed by atoms with van der Waals surface area (Å²) in [6.45, 7) is 17.2. The second-order valence-electron chi connectivity index (χ2n) is 5.10. The van der Waals surface area contributed by atoms with E-state index in [1.807, 2.05) is 0 Å². The molecule has 0 aliphatic heterocycles. The summed E-state index contributed by atoms with van der Waals surface area (Å²) in [6.07, 6.45) is 2.04. The lowest BCUT2D eigenvalue weighted by atomic mass is 9.91. The molecule has 0 radical (unpaired) electrons. The lowest BCUT2D eigenvalue weighted by molar-refractivity contribution is 1.09. The zero-order valence-corrected chi connectivity index (χ0v) is 12.0. The first-order valence-electron chi connectivity index (χ1n) is 6.73. The second kappa shape index (κ2) is 4.61. The summed E-state index contributed by atoms with van der Waals surface area (Å²) in [5, 5.41) is 5.00. The third kappa shape index (κ3) is 1.77. The monoisotopic (exact) mass is 238 g/mol. The van der Waals surface area contributed by atoms with Crippen LogP contribution in [0.25, 0.3) is 23.9 Å². The minimum Gasteiger partial charge on any atom is -0.0909 e. The molecule has 0 N–H and O–H groups in total. The molecule has 0 fully saturated rings.